The van der Waals surface area contributed by atoms with Crippen LogP contribution in [-0.4, -0.2) is 10.2 Å². The van der Waals surface area contributed by atoms with Crippen molar-refractivity contribution in [1.82, 2.24) is 0 Å². The van der Waals surface area contributed by atoms with Gasteiger partial charge in [-0.2, -0.15) is 0 Å². The Labute approximate surface area is 329 Å². The second-order valence-corrected chi connectivity index (χ2v) is 12.1. The first-order valence-corrected chi connectivity index (χ1v) is 17.1. The first kappa shape index (κ1) is 36.6. The van der Waals surface area contributed by atoms with Gasteiger partial charge < -0.3 is 20.8 Å². The first-order chi connectivity index (χ1) is 25.6. The van der Waals surface area contributed by atoms with Crippen molar-refractivity contribution in [3.8, 4) is 56.0 Å². The molecule has 0 aliphatic heterocycles. The number of aromatic hydroxyl groups is 2. The van der Waals surface area contributed by atoms with Gasteiger partial charge >= 0.3 is 0 Å². The molecule has 256 valence electrons. The molecule has 0 fully saturated rings. The van der Waals surface area contributed by atoms with E-state index in [9.17, 15) is 10.2 Å². The van der Waals surface area contributed by atoms with Crippen LogP contribution in [0.15, 0.2) is 206 Å². The molecule has 2 N–H and O–H groups in total. The van der Waals surface area contributed by atoms with E-state index in [1.54, 1.807) is 12.1 Å². The molecular formula is C48H36HfN2O2-2. The summed E-state index contributed by atoms with van der Waals surface area (Å²) in [4.78, 5) is 0. The van der Waals surface area contributed by atoms with Crippen molar-refractivity contribution in [2.24, 2.45) is 0 Å². The fourth-order valence-corrected chi connectivity index (χ4v) is 6.00. The van der Waals surface area contributed by atoms with E-state index in [-0.39, 0.29) is 37.3 Å². The topological polar surface area (TPSA) is 68.7 Å². The molecule has 0 aromatic heterocycles. The minimum absolute atomic E-state index is 0. The van der Waals surface area contributed by atoms with Crippen molar-refractivity contribution in [3.63, 3.8) is 0 Å². The largest absolute Gasteiger partial charge is 0.657 e. The summed E-state index contributed by atoms with van der Waals surface area (Å²) in [5.41, 5.74) is 11.5. The average molecular weight is 851 g/mol. The van der Waals surface area contributed by atoms with Gasteiger partial charge in [0.05, 0.1) is 0 Å². The van der Waals surface area contributed by atoms with Crippen LogP contribution in [-0.2, 0) is 25.8 Å². The minimum atomic E-state index is 0. The third kappa shape index (κ3) is 9.20. The SMILES string of the molecule is Oc1ccccc1-c1ccccc1[N-]c1ccc(-c2ccccc2)cc1.Oc1ccccc1-c1ccccc1[N-]c1ccc(-c2ccccc2)cc1.[Hf]. The van der Waals surface area contributed by atoms with Gasteiger partial charge in [-0.15, -0.1) is 22.7 Å². The van der Waals surface area contributed by atoms with Crippen LogP contribution in [0, 0.1) is 0 Å². The Morgan fingerprint density at radius 2 is 0.547 bits per heavy atom. The normalized spacial score (nSPS) is 10.3. The fraction of sp³-hybridized carbons (Fsp3) is 0. The maximum atomic E-state index is 10.2. The first-order valence-electron chi connectivity index (χ1n) is 17.1. The molecule has 4 nitrogen and oxygen atoms in total. The summed E-state index contributed by atoms with van der Waals surface area (Å²) in [6.07, 6.45) is 0. The zero-order chi connectivity index (χ0) is 35.5. The van der Waals surface area contributed by atoms with E-state index >= 15 is 0 Å². The van der Waals surface area contributed by atoms with Crippen LogP contribution in [0.5, 0.6) is 11.5 Å². The van der Waals surface area contributed by atoms with Crippen LogP contribution in [0.4, 0.5) is 22.7 Å². The van der Waals surface area contributed by atoms with Gasteiger partial charge in [-0.3, -0.25) is 0 Å². The number of benzene rings is 8. The maximum absolute atomic E-state index is 10.2. The van der Waals surface area contributed by atoms with E-state index in [4.69, 9.17) is 10.6 Å². The zero-order valence-electron chi connectivity index (χ0n) is 28.9. The van der Waals surface area contributed by atoms with E-state index < -0.39 is 0 Å². The fourth-order valence-electron chi connectivity index (χ4n) is 6.00. The molecule has 0 amide bonds. The van der Waals surface area contributed by atoms with Crippen LogP contribution in [0.3, 0.4) is 0 Å². The molecule has 0 aliphatic carbocycles. The Hall–Kier alpha value is -6.17. The molecule has 8 rings (SSSR count). The Kier molecular flexibility index (Phi) is 12.3. The van der Waals surface area contributed by atoms with Crippen LogP contribution >= 0.6 is 0 Å². The molecule has 0 spiro atoms. The Balaban J connectivity index is 0.000000178. The quantitative estimate of drug-likeness (QED) is 0.150. The molecule has 0 bridgehead atoms. The molecule has 0 heterocycles. The summed E-state index contributed by atoms with van der Waals surface area (Å²) in [5.74, 6) is 0.518. The van der Waals surface area contributed by atoms with Crippen LogP contribution in [0.1, 0.15) is 0 Å². The van der Waals surface area contributed by atoms with Crippen LogP contribution < -0.4 is 0 Å². The van der Waals surface area contributed by atoms with Crippen molar-refractivity contribution in [3.05, 3.63) is 217 Å². The number of hydrogen-bond donors (Lipinski definition) is 2. The zero-order valence-corrected chi connectivity index (χ0v) is 32.5. The average Bonchev–Trinajstić information content (AvgIpc) is 3.20. The molecule has 8 aromatic carbocycles. The number of phenolic OH excluding ortho intramolecular Hbond substituents is 2. The van der Waals surface area contributed by atoms with Crippen LogP contribution in [0.2, 0.25) is 0 Å². The molecular weight excluding hydrogens is 815 g/mol. The van der Waals surface area contributed by atoms with E-state index in [0.29, 0.717) is 0 Å². The Morgan fingerprint density at radius 1 is 0.264 bits per heavy atom. The molecule has 0 radical (unpaired) electrons. The van der Waals surface area contributed by atoms with Crippen molar-refractivity contribution in [2.45, 2.75) is 0 Å². The van der Waals surface area contributed by atoms with E-state index in [1.807, 2.05) is 146 Å². The summed E-state index contributed by atoms with van der Waals surface area (Å²) < 4.78 is 0. The molecule has 5 heteroatoms. The van der Waals surface area contributed by atoms with Gasteiger partial charge in [-0.1, -0.05) is 194 Å². The molecule has 0 unspecified atom stereocenters. The van der Waals surface area contributed by atoms with Gasteiger partial charge in [0.1, 0.15) is 11.5 Å². The molecule has 53 heavy (non-hydrogen) atoms. The second kappa shape index (κ2) is 17.9. The van der Waals surface area contributed by atoms with Crippen molar-refractivity contribution >= 4 is 22.7 Å². The predicted octanol–water partition coefficient (Wildman–Crippen LogP) is 14.1. The molecule has 0 saturated heterocycles. The number of nitrogens with zero attached hydrogens (tertiary/aromatic N) is 2. The van der Waals surface area contributed by atoms with E-state index in [2.05, 4.69) is 48.5 Å². The van der Waals surface area contributed by atoms with Crippen molar-refractivity contribution in [1.29, 1.82) is 0 Å². The summed E-state index contributed by atoms with van der Waals surface area (Å²) in [6, 6.07) is 67.4. The molecule has 0 atom stereocenters. The predicted molar refractivity (Wildman–Crippen MR) is 216 cm³/mol. The summed E-state index contributed by atoms with van der Waals surface area (Å²) in [5, 5.41) is 29.9. The molecule has 0 saturated carbocycles. The number of phenols is 2. The van der Waals surface area contributed by atoms with Crippen LogP contribution in [0.25, 0.3) is 55.1 Å². The second-order valence-electron chi connectivity index (χ2n) is 12.1. The molecule has 8 aromatic rings. The van der Waals surface area contributed by atoms with Gasteiger partial charge in [0.25, 0.3) is 0 Å². The smallest absolute Gasteiger partial charge is 0.123 e. The van der Waals surface area contributed by atoms with E-state index in [0.717, 1.165) is 45.0 Å². The van der Waals surface area contributed by atoms with Gasteiger partial charge in [-0.05, 0) is 45.5 Å². The van der Waals surface area contributed by atoms with Gasteiger partial charge in [0.15, 0.2) is 0 Å². The third-order valence-corrected chi connectivity index (χ3v) is 8.64. The van der Waals surface area contributed by atoms with Crippen molar-refractivity contribution in [2.75, 3.05) is 0 Å². The summed E-state index contributed by atoms with van der Waals surface area (Å²) >= 11 is 0. The number of para-hydroxylation sites is 4. The standard InChI is InChI=1S/2C24H18NO.Hf/c2*26-24-13-7-5-11-22(24)21-10-4-6-12-23(21)25-20-16-14-19(15-17-20)18-8-2-1-3-9-18;/h2*1-17,26H;/q2*-1;. The van der Waals surface area contributed by atoms with Gasteiger partial charge in [0.2, 0.25) is 0 Å². The monoisotopic (exact) mass is 852 g/mol. The Morgan fingerprint density at radius 3 is 0.906 bits per heavy atom. The van der Waals surface area contributed by atoms with E-state index in [1.165, 1.54) is 22.3 Å². The number of rotatable bonds is 8. The van der Waals surface area contributed by atoms with Gasteiger partial charge in [-0.25, -0.2) is 0 Å². The summed E-state index contributed by atoms with van der Waals surface area (Å²) in [7, 11) is 0. The maximum Gasteiger partial charge on any atom is 0.123 e. The summed E-state index contributed by atoms with van der Waals surface area (Å²) in [6.45, 7) is 0. The Bertz CT molecular complexity index is 2190. The minimum Gasteiger partial charge on any atom is -0.657 e. The third-order valence-electron chi connectivity index (χ3n) is 8.64. The molecule has 0 aliphatic rings. The van der Waals surface area contributed by atoms with Crippen molar-refractivity contribution < 1.29 is 36.1 Å². The number of hydrogen-bond acceptors (Lipinski definition) is 2. The van der Waals surface area contributed by atoms with Gasteiger partial charge in [0, 0.05) is 37.0 Å².